The van der Waals surface area contributed by atoms with E-state index in [1.54, 1.807) is 10.9 Å². The molecule has 4 N–H and O–H groups in total. The molecule has 0 aliphatic heterocycles. The summed E-state index contributed by atoms with van der Waals surface area (Å²) in [4.78, 5) is 22.8. The predicted molar refractivity (Wildman–Crippen MR) is 78.5 cm³/mol. The lowest BCUT2D eigenvalue weighted by Crippen LogP contribution is -2.35. The van der Waals surface area contributed by atoms with Crippen molar-refractivity contribution >= 4 is 17.5 Å². The lowest BCUT2D eigenvalue weighted by atomic mass is 10.2. The van der Waals surface area contributed by atoms with E-state index in [1.165, 1.54) is 24.3 Å². The minimum atomic E-state index is -2.33. The number of carbonyl (C=O) groups excluding carboxylic acids is 2. The van der Waals surface area contributed by atoms with Gasteiger partial charge < -0.3 is 10.5 Å². The molecule has 26 heavy (non-hydrogen) atoms. The first-order valence-corrected chi connectivity index (χ1v) is 6.82. The average molecular weight is 375 g/mol. The smallest absolute Gasteiger partial charge is 0.276 e. The van der Waals surface area contributed by atoms with Crippen LogP contribution in [0.5, 0.6) is 5.75 Å². The number of hydrazine groups is 1. The van der Waals surface area contributed by atoms with Crippen molar-refractivity contribution in [1.82, 2.24) is 5.43 Å². The molecular formula is C15H10F5N3O3. The Morgan fingerprint density at radius 2 is 1.46 bits per heavy atom. The molecule has 0 bridgehead atoms. The van der Waals surface area contributed by atoms with Crippen molar-refractivity contribution in [2.24, 2.45) is 5.73 Å². The van der Waals surface area contributed by atoms with E-state index in [2.05, 4.69) is 0 Å². The van der Waals surface area contributed by atoms with Crippen molar-refractivity contribution in [3.63, 3.8) is 0 Å². The van der Waals surface area contributed by atoms with Crippen LogP contribution in [0.1, 0.15) is 10.4 Å². The van der Waals surface area contributed by atoms with Crippen LogP contribution >= 0.6 is 0 Å². The van der Waals surface area contributed by atoms with E-state index >= 15 is 0 Å². The first-order chi connectivity index (χ1) is 12.2. The molecule has 2 amide bonds. The maximum atomic E-state index is 13.4. The standard InChI is InChI=1S/C15H10F5N3O3/c16-9-10(17)12(19)14(13(20)11(9)18)23-22-8(24)5-26-7-4-2-1-3-6(7)15(21)25/h1-4,23H,5H2,(H2,21,25)(H,22,24). The van der Waals surface area contributed by atoms with Gasteiger partial charge in [-0.2, -0.15) is 0 Å². The lowest BCUT2D eigenvalue weighted by molar-refractivity contribution is -0.122. The van der Waals surface area contributed by atoms with Crippen LogP contribution in [0.15, 0.2) is 24.3 Å². The summed E-state index contributed by atoms with van der Waals surface area (Å²) in [7, 11) is 0. The number of nitrogens with two attached hydrogens (primary N) is 1. The molecule has 0 radical (unpaired) electrons. The van der Waals surface area contributed by atoms with E-state index in [4.69, 9.17) is 10.5 Å². The van der Waals surface area contributed by atoms with Gasteiger partial charge >= 0.3 is 0 Å². The molecule has 11 heteroatoms. The Bertz CT molecular complexity index is 847. The molecule has 0 atom stereocenters. The highest BCUT2D eigenvalue weighted by Gasteiger charge is 2.26. The molecule has 2 rings (SSSR count). The molecule has 0 heterocycles. The van der Waals surface area contributed by atoms with Gasteiger partial charge in [0, 0.05) is 0 Å². The quantitative estimate of drug-likeness (QED) is 0.312. The Labute approximate surface area is 142 Å². The Morgan fingerprint density at radius 3 is 2.04 bits per heavy atom. The molecule has 0 saturated carbocycles. The summed E-state index contributed by atoms with van der Waals surface area (Å²) in [6.45, 7) is -0.743. The SMILES string of the molecule is NC(=O)c1ccccc1OCC(=O)NNc1c(F)c(F)c(F)c(F)c1F. The molecule has 0 saturated heterocycles. The Balaban J connectivity index is 2.04. The zero-order chi connectivity index (χ0) is 19.4. The zero-order valence-corrected chi connectivity index (χ0v) is 12.7. The van der Waals surface area contributed by atoms with Crippen LogP contribution < -0.4 is 21.3 Å². The fourth-order valence-corrected chi connectivity index (χ4v) is 1.82. The fourth-order valence-electron chi connectivity index (χ4n) is 1.82. The monoisotopic (exact) mass is 375 g/mol. The predicted octanol–water partition coefficient (Wildman–Crippen LogP) is 2.00. The summed E-state index contributed by atoms with van der Waals surface area (Å²) in [5.41, 5.74) is 6.96. The van der Waals surface area contributed by atoms with E-state index in [-0.39, 0.29) is 11.3 Å². The molecule has 6 nitrogen and oxygen atoms in total. The van der Waals surface area contributed by atoms with Gasteiger partial charge in [-0.25, -0.2) is 22.0 Å². The topological polar surface area (TPSA) is 93.5 Å². The van der Waals surface area contributed by atoms with E-state index in [1.807, 2.05) is 0 Å². The van der Waals surface area contributed by atoms with E-state index in [9.17, 15) is 31.5 Å². The van der Waals surface area contributed by atoms with Gasteiger partial charge in [-0.15, -0.1) is 0 Å². The molecule has 0 fully saturated rings. The first kappa shape index (κ1) is 19.0. The number of ether oxygens (including phenoxy) is 1. The number of primary amides is 1. The number of para-hydroxylation sites is 1. The summed E-state index contributed by atoms with van der Waals surface area (Å²) >= 11 is 0. The molecule has 0 spiro atoms. The lowest BCUT2D eigenvalue weighted by Gasteiger charge is -2.13. The third kappa shape index (κ3) is 3.82. The van der Waals surface area contributed by atoms with Gasteiger partial charge in [0.15, 0.2) is 29.9 Å². The maximum absolute atomic E-state index is 13.4. The molecule has 0 aliphatic carbocycles. The van der Waals surface area contributed by atoms with E-state index in [0.29, 0.717) is 0 Å². The van der Waals surface area contributed by atoms with Gasteiger partial charge in [0.2, 0.25) is 5.82 Å². The number of nitrogens with one attached hydrogen (secondary N) is 2. The van der Waals surface area contributed by atoms with Crippen LogP contribution in [0.4, 0.5) is 27.6 Å². The van der Waals surface area contributed by atoms with Gasteiger partial charge in [-0.3, -0.25) is 20.4 Å². The summed E-state index contributed by atoms with van der Waals surface area (Å²) in [6.07, 6.45) is 0. The highest BCUT2D eigenvalue weighted by atomic mass is 19.2. The van der Waals surface area contributed by atoms with Crippen LogP contribution in [-0.4, -0.2) is 18.4 Å². The summed E-state index contributed by atoms with van der Waals surface area (Å²) in [5, 5.41) is 0. The molecular weight excluding hydrogens is 365 g/mol. The molecule has 2 aromatic carbocycles. The van der Waals surface area contributed by atoms with Crippen LogP contribution in [0.25, 0.3) is 0 Å². The number of anilines is 1. The number of benzene rings is 2. The molecule has 138 valence electrons. The fraction of sp³-hybridized carbons (Fsp3) is 0.0667. The minimum Gasteiger partial charge on any atom is -0.483 e. The zero-order valence-electron chi connectivity index (χ0n) is 12.7. The van der Waals surface area contributed by atoms with Gasteiger partial charge in [-0.1, -0.05) is 12.1 Å². The van der Waals surface area contributed by atoms with Crippen molar-refractivity contribution in [2.45, 2.75) is 0 Å². The second-order valence-electron chi connectivity index (χ2n) is 4.77. The second-order valence-corrected chi connectivity index (χ2v) is 4.77. The summed E-state index contributed by atoms with van der Waals surface area (Å²) < 4.78 is 70.9. The molecule has 0 unspecified atom stereocenters. The van der Waals surface area contributed by atoms with Crippen LogP contribution in [-0.2, 0) is 4.79 Å². The molecule has 0 aliphatic rings. The van der Waals surface area contributed by atoms with Crippen molar-refractivity contribution in [2.75, 3.05) is 12.0 Å². The Morgan fingerprint density at radius 1 is 0.923 bits per heavy atom. The maximum Gasteiger partial charge on any atom is 0.276 e. The molecule has 2 aromatic rings. The van der Waals surface area contributed by atoms with Crippen molar-refractivity contribution in [1.29, 1.82) is 0 Å². The second kappa shape index (κ2) is 7.68. The average Bonchev–Trinajstić information content (AvgIpc) is 2.63. The summed E-state index contributed by atoms with van der Waals surface area (Å²) in [6, 6.07) is 5.66. The summed E-state index contributed by atoms with van der Waals surface area (Å²) in [5.74, 6) is -12.9. The van der Waals surface area contributed by atoms with E-state index in [0.717, 1.165) is 0 Å². The van der Waals surface area contributed by atoms with Crippen molar-refractivity contribution in [3.8, 4) is 5.75 Å². The van der Waals surface area contributed by atoms with Gasteiger partial charge in [-0.05, 0) is 12.1 Å². The van der Waals surface area contributed by atoms with Crippen molar-refractivity contribution in [3.05, 3.63) is 58.9 Å². The van der Waals surface area contributed by atoms with Gasteiger partial charge in [0.05, 0.1) is 5.56 Å². The number of halogens is 5. The Hall–Kier alpha value is -3.37. The number of amides is 2. The number of hydrogen-bond acceptors (Lipinski definition) is 4. The number of rotatable bonds is 6. The first-order valence-electron chi connectivity index (χ1n) is 6.82. The number of hydrogen-bond donors (Lipinski definition) is 3. The molecule has 0 aromatic heterocycles. The third-order valence-electron chi connectivity index (χ3n) is 3.05. The number of carbonyl (C=O) groups is 2. The normalized spacial score (nSPS) is 10.3. The minimum absolute atomic E-state index is 0.0203. The van der Waals surface area contributed by atoms with Gasteiger partial charge in [0.25, 0.3) is 11.8 Å². The largest absolute Gasteiger partial charge is 0.483 e. The van der Waals surface area contributed by atoms with Crippen LogP contribution in [0, 0.1) is 29.1 Å². The van der Waals surface area contributed by atoms with Crippen LogP contribution in [0.3, 0.4) is 0 Å². The van der Waals surface area contributed by atoms with Gasteiger partial charge in [0.1, 0.15) is 11.4 Å². The third-order valence-corrected chi connectivity index (χ3v) is 3.05. The Kier molecular flexibility index (Phi) is 5.60. The van der Waals surface area contributed by atoms with Crippen molar-refractivity contribution < 1.29 is 36.3 Å². The van der Waals surface area contributed by atoms with E-state index < -0.39 is 53.2 Å². The highest BCUT2D eigenvalue weighted by molar-refractivity contribution is 5.95. The highest BCUT2D eigenvalue weighted by Crippen LogP contribution is 2.26. The van der Waals surface area contributed by atoms with Crippen LogP contribution in [0.2, 0.25) is 0 Å².